The van der Waals surface area contributed by atoms with Gasteiger partial charge in [0, 0.05) is 11.1 Å². The summed E-state index contributed by atoms with van der Waals surface area (Å²) in [6, 6.07) is 7.56. The Morgan fingerprint density at radius 1 is 0.581 bits per heavy atom. The lowest BCUT2D eigenvalue weighted by Gasteiger charge is -2.20. The first-order chi connectivity index (χ1) is 14.2. The van der Waals surface area contributed by atoms with E-state index in [2.05, 4.69) is 4.98 Å². The van der Waals surface area contributed by atoms with Crippen molar-refractivity contribution in [3.05, 3.63) is 71.4 Å². The number of benzene rings is 2. The van der Waals surface area contributed by atoms with E-state index in [1.54, 1.807) is 0 Å². The quantitative estimate of drug-likeness (QED) is 0.425. The van der Waals surface area contributed by atoms with E-state index in [9.17, 15) is 39.5 Å². The van der Waals surface area contributed by atoms with Gasteiger partial charge in [0.15, 0.2) is 0 Å². The van der Waals surface area contributed by atoms with Gasteiger partial charge in [0.2, 0.25) is 0 Å². The van der Waals surface area contributed by atoms with Crippen LogP contribution in [-0.2, 0) is 18.5 Å². The molecule has 2 N–H and O–H groups in total. The highest BCUT2D eigenvalue weighted by molar-refractivity contribution is 5.89. The van der Waals surface area contributed by atoms with Crippen LogP contribution in [0.15, 0.2) is 54.6 Å². The lowest BCUT2D eigenvalue weighted by Crippen LogP contribution is -2.14. The van der Waals surface area contributed by atoms with Crippen molar-refractivity contribution in [1.29, 1.82) is 0 Å². The standard InChI is InChI=1S/C20H11F9N2/c21-18(22,23)13-7-3-1-5-10(13)12-9-15(20(27,28)29)31-17(16(12)30)11-6-2-4-8-14(11)19(24,25)26/h1-9H,30H2. The Labute approximate surface area is 169 Å². The van der Waals surface area contributed by atoms with Crippen molar-refractivity contribution in [2.24, 2.45) is 0 Å². The lowest BCUT2D eigenvalue weighted by molar-refractivity contribution is -0.141. The Hall–Kier alpha value is -3.24. The first kappa shape index (κ1) is 22.4. The van der Waals surface area contributed by atoms with Gasteiger partial charge in [0.25, 0.3) is 0 Å². The minimum Gasteiger partial charge on any atom is -0.396 e. The molecule has 0 bridgehead atoms. The topological polar surface area (TPSA) is 38.9 Å². The number of nitrogens with two attached hydrogens (primary N) is 1. The Balaban J connectivity index is 2.42. The predicted molar refractivity (Wildman–Crippen MR) is 94.5 cm³/mol. The van der Waals surface area contributed by atoms with Crippen molar-refractivity contribution in [1.82, 2.24) is 4.98 Å². The van der Waals surface area contributed by atoms with E-state index < -0.39 is 63.4 Å². The van der Waals surface area contributed by atoms with Crippen LogP contribution in [0.5, 0.6) is 0 Å². The molecule has 1 aromatic heterocycles. The fourth-order valence-corrected chi connectivity index (χ4v) is 3.03. The zero-order valence-electron chi connectivity index (χ0n) is 15.1. The SMILES string of the molecule is Nc1c(-c2ccccc2C(F)(F)F)cc(C(F)(F)F)nc1-c1ccccc1C(F)(F)F. The average molecular weight is 450 g/mol. The van der Waals surface area contributed by atoms with Gasteiger partial charge < -0.3 is 5.73 Å². The molecule has 0 amide bonds. The molecule has 0 saturated carbocycles. The maximum Gasteiger partial charge on any atom is 0.433 e. The first-order valence-corrected chi connectivity index (χ1v) is 8.42. The highest BCUT2D eigenvalue weighted by atomic mass is 19.4. The van der Waals surface area contributed by atoms with E-state index in [0.29, 0.717) is 18.2 Å². The molecule has 0 unspecified atom stereocenters. The summed E-state index contributed by atoms with van der Waals surface area (Å²) in [5.41, 5.74) is -2.39. The normalized spacial score (nSPS) is 12.8. The van der Waals surface area contributed by atoms with Gasteiger partial charge in [-0.1, -0.05) is 36.4 Å². The maximum absolute atomic E-state index is 13.4. The van der Waals surface area contributed by atoms with Crippen LogP contribution in [0, 0.1) is 0 Å². The molecule has 0 fully saturated rings. The number of hydrogen-bond acceptors (Lipinski definition) is 2. The molecular weight excluding hydrogens is 439 g/mol. The Kier molecular flexibility index (Phi) is 5.41. The van der Waals surface area contributed by atoms with Crippen LogP contribution in [0.3, 0.4) is 0 Å². The number of halogens is 9. The molecule has 31 heavy (non-hydrogen) atoms. The Morgan fingerprint density at radius 2 is 1.03 bits per heavy atom. The monoisotopic (exact) mass is 450 g/mol. The van der Waals surface area contributed by atoms with Gasteiger partial charge in [-0.3, -0.25) is 0 Å². The summed E-state index contributed by atoms with van der Waals surface area (Å²) in [5, 5.41) is 0. The zero-order valence-corrected chi connectivity index (χ0v) is 15.1. The molecule has 164 valence electrons. The molecule has 1 heterocycles. The number of hydrogen-bond donors (Lipinski definition) is 1. The molecule has 3 aromatic rings. The number of aromatic nitrogens is 1. The third kappa shape index (κ3) is 4.44. The van der Waals surface area contributed by atoms with Crippen LogP contribution >= 0.6 is 0 Å². The summed E-state index contributed by atoms with van der Waals surface area (Å²) in [6.07, 6.45) is -15.1. The molecular formula is C20H11F9N2. The number of rotatable bonds is 2. The molecule has 11 heteroatoms. The molecule has 2 aromatic carbocycles. The van der Waals surface area contributed by atoms with Crippen LogP contribution in [0.1, 0.15) is 16.8 Å². The van der Waals surface area contributed by atoms with E-state index >= 15 is 0 Å². The van der Waals surface area contributed by atoms with Crippen LogP contribution in [-0.4, -0.2) is 4.98 Å². The summed E-state index contributed by atoms with van der Waals surface area (Å²) in [4.78, 5) is 3.23. The van der Waals surface area contributed by atoms with E-state index in [0.717, 1.165) is 36.4 Å². The summed E-state index contributed by atoms with van der Waals surface area (Å²) in [6.45, 7) is 0. The minimum absolute atomic E-state index is 0.291. The average Bonchev–Trinajstić information content (AvgIpc) is 2.66. The van der Waals surface area contributed by atoms with Gasteiger partial charge in [0.05, 0.1) is 22.5 Å². The van der Waals surface area contributed by atoms with Crippen molar-refractivity contribution in [3.63, 3.8) is 0 Å². The third-order valence-corrected chi connectivity index (χ3v) is 4.36. The molecule has 3 rings (SSSR count). The van der Waals surface area contributed by atoms with Crippen molar-refractivity contribution < 1.29 is 39.5 Å². The molecule has 0 spiro atoms. The Morgan fingerprint density at radius 3 is 1.52 bits per heavy atom. The fourth-order valence-electron chi connectivity index (χ4n) is 3.03. The lowest BCUT2D eigenvalue weighted by atomic mass is 9.94. The molecule has 0 atom stereocenters. The van der Waals surface area contributed by atoms with Gasteiger partial charge in [-0.05, 0) is 23.8 Å². The fraction of sp³-hybridized carbons (Fsp3) is 0.150. The molecule has 2 nitrogen and oxygen atoms in total. The molecule has 0 saturated heterocycles. The van der Waals surface area contributed by atoms with Crippen LogP contribution in [0.2, 0.25) is 0 Å². The number of nitrogen functional groups attached to an aromatic ring is 1. The van der Waals surface area contributed by atoms with Crippen molar-refractivity contribution in [3.8, 4) is 22.4 Å². The molecule has 0 aliphatic carbocycles. The molecule has 0 radical (unpaired) electrons. The maximum atomic E-state index is 13.4. The van der Waals surface area contributed by atoms with E-state index in [4.69, 9.17) is 5.73 Å². The van der Waals surface area contributed by atoms with Crippen LogP contribution < -0.4 is 5.73 Å². The number of anilines is 1. The summed E-state index contributed by atoms with van der Waals surface area (Å²) in [5.74, 6) is 0. The van der Waals surface area contributed by atoms with Crippen molar-refractivity contribution in [2.45, 2.75) is 18.5 Å². The number of nitrogens with zero attached hydrogens (tertiary/aromatic N) is 1. The summed E-state index contributed by atoms with van der Waals surface area (Å²) in [7, 11) is 0. The third-order valence-electron chi connectivity index (χ3n) is 4.36. The number of pyridine rings is 1. The van der Waals surface area contributed by atoms with Gasteiger partial charge in [0.1, 0.15) is 5.69 Å². The zero-order chi connectivity index (χ0) is 23.2. The van der Waals surface area contributed by atoms with Gasteiger partial charge in [-0.15, -0.1) is 0 Å². The highest BCUT2D eigenvalue weighted by Crippen LogP contribution is 2.45. The van der Waals surface area contributed by atoms with E-state index in [-0.39, 0.29) is 0 Å². The van der Waals surface area contributed by atoms with E-state index in [1.807, 2.05) is 0 Å². The van der Waals surface area contributed by atoms with Crippen LogP contribution in [0.4, 0.5) is 45.2 Å². The highest BCUT2D eigenvalue weighted by Gasteiger charge is 2.39. The second kappa shape index (κ2) is 7.47. The van der Waals surface area contributed by atoms with Gasteiger partial charge in [-0.2, -0.15) is 39.5 Å². The first-order valence-electron chi connectivity index (χ1n) is 8.42. The van der Waals surface area contributed by atoms with Crippen molar-refractivity contribution >= 4 is 5.69 Å². The number of alkyl halides is 9. The Bertz CT molecular complexity index is 1030. The second-order valence-electron chi connectivity index (χ2n) is 6.40. The summed E-state index contributed by atoms with van der Waals surface area (Å²) < 4.78 is 121. The minimum atomic E-state index is -5.16. The second-order valence-corrected chi connectivity index (χ2v) is 6.40. The summed E-state index contributed by atoms with van der Waals surface area (Å²) >= 11 is 0. The van der Waals surface area contributed by atoms with Crippen LogP contribution in [0.25, 0.3) is 22.4 Å². The molecule has 0 aliphatic heterocycles. The van der Waals surface area contributed by atoms with E-state index in [1.165, 1.54) is 0 Å². The van der Waals surface area contributed by atoms with Gasteiger partial charge >= 0.3 is 18.5 Å². The predicted octanol–water partition coefficient (Wildman–Crippen LogP) is 7.05. The van der Waals surface area contributed by atoms with Gasteiger partial charge in [-0.25, -0.2) is 4.98 Å². The molecule has 0 aliphatic rings. The largest absolute Gasteiger partial charge is 0.433 e. The van der Waals surface area contributed by atoms with Crippen molar-refractivity contribution in [2.75, 3.05) is 5.73 Å². The smallest absolute Gasteiger partial charge is 0.396 e.